The van der Waals surface area contributed by atoms with Gasteiger partial charge in [0.2, 0.25) is 5.95 Å². The van der Waals surface area contributed by atoms with Gasteiger partial charge in [-0.25, -0.2) is 9.97 Å². The van der Waals surface area contributed by atoms with Crippen molar-refractivity contribution in [2.45, 2.75) is 19.9 Å². The Balaban J connectivity index is 2.04. The van der Waals surface area contributed by atoms with E-state index in [4.69, 9.17) is 0 Å². The van der Waals surface area contributed by atoms with Gasteiger partial charge in [0, 0.05) is 44.6 Å². The molecule has 106 valence electrons. The van der Waals surface area contributed by atoms with Crippen LogP contribution in [0.2, 0.25) is 0 Å². The number of fused-ring (bicyclic) bond motifs is 1. The molecule has 1 aliphatic rings. The van der Waals surface area contributed by atoms with E-state index in [0.29, 0.717) is 11.3 Å². The van der Waals surface area contributed by atoms with Crippen molar-refractivity contribution >= 4 is 16.9 Å². The quantitative estimate of drug-likeness (QED) is 0.876. The van der Waals surface area contributed by atoms with Gasteiger partial charge in [0.1, 0.15) is 0 Å². The number of hydrogen-bond acceptors (Lipinski definition) is 5. The van der Waals surface area contributed by atoms with Crippen LogP contribution < -0.4 is 15.8 Å². The van der Waals surface area contributed by atoms with Gasteiger partial charge in [-0.3, -0.25) is 4.79 Å². The monoisotopic (exact) mass is 273 g/mol. The predicted molar refractivity (Wildman–Crippen MR) is 79.3 cm³/mol. The molecule has 1 aliphatic heterocycles. The highest BCUT2D eigenvalue weighted by Gasteiger charge is 2.14. The van der Waals surface area contributed by atoms with E-state index < -0.39 is 0 Å². The van der Waals surface area contributed by atoms with Crippen LogP contribution in [0.1, 0.15) is 19.9 Å². The maximum Gasteiger partial charge on any atom is 0.261 e. The lowest BCUT2D eigenvalue weighted by molar-refractivity contribution is 0.578. The maximum atomic E-state index is 12.3. The van der Waals surface area contributed by atoms with E-state index in [0.717, 1.165) is 31.7 Å². The fraction of sp³-hybridized carbons (Fsp3) is 0.500. The second-order valence-electron chi connectivity index (χ2n) is 5.33. The summed E-state index contributed by atoms with van der Waals surface area (Å²) in [5.41, 5.74) is 0.694. The molecule has 0 spiro atoms. The lowest BCUT2D eigenvalue weighted by Crippen LogP contribution is -2.44. The van der Waals surface area contributed by atoms with E-state index in [1.54, 1.807) is 10.8 Å². The van der Waals surface area contributed by atoms with Crippen LogP contribution in [-0.4, -0.2) is 40.7 Å². The number of piperazine rings is 1. The second kappa shape index (κ2) is 5.20. The third-order valence-electron chi connectivity index (χ3n) is 3.62. The van der Waals surface area contributed by atoms with Gasteiger partial charge in [0.05, 0.1) is 10.9 Å². The number of nitrogens with zero attached hydrogens (tertiary/aromatic N) is 4. The Morgan fingerprint density at radius 3 is 2.75 bits per heavy atom. The summed E-state index contributed by atoms with van der Waals surface area (Å²) in [7, 11) is 0. The molecule has 0 atom stereocenters. The summed E-state index contributed by atoms with van der Waals surface area (Å²) in [6.45, 7) is 7.65. The van der Waals surface area contributed by atoms with Crippen LogP contribution in [0.3, 0.4) is 0 Å². The van der Waals surface area contributed by atoms with Crippen molar-refractivity contribution in [1.82, 2.24) is 19.9 Å². The molecule has 0 aliphatic carbocycles. The second-order valence-corrected chi connectivity index (χ2v) is 5.33. The lowest BCUT2D eigenvalue weighted by Gasteiger charge is -2.27. The molecule has 1 fully saturated rings. The van der Waals surface area contributed by atoms with Crippen LogP contribution in [0.15, 0.2) is 23.3 Å². The number of pyridine rings is 1. The molecule has 0 unspecified atom stereocenters. The first kappa shape index (κ1) is 13.1. The summed E-state index contributed by atoms with van der Waals surface area (Å²) in [4.78, 5) is 23.4. The minimum absolute atomic E-state index is 0.0237. The molecule has 0 radical (unpaired) electrons. The van der Waals surface area contributed by atoms with Crippen LogP contribution in [0.4, 0.5) is 5.95 Å². The molecule has 2 aromatic rings. The average Bonchev–Trinajstić information content (AvgIpc) is 2.48. The van der Waals surface area contributed by atoms with E-state index in [9.17, 15) is 4.79 Å². The summed E-state index contributed by atoms with van der Waals surface area (Å²) >= 11 is 0. The van der Waals surface area contributed by atoms with Crippen LogP contribution in [-0.2, 0) is 0 Å². The van der Waals surface area contributed by atoms with Crippen LogP contribution >= 0.6 is 0 Å². The molecular formula is C14H19N5O. The lowest BCUT2D eigenvalue weighted by atomic mass is 10.3. The standard InChI is InChI=1S/C14H19N5O/c1-10(2)19-6-3-12-11(13(19)20)9-16-14(17-12)18-7-4-15-5-8-18/h3,6,9-10,15H,4-5,7-8H2,1-2H3. The Hall–Kier alpha value is -1.95. The Kier molecular flexibility index (Phi) is 3.40. The van der Waals surface area contributed by atoms with E-state index in [2.05, 4.69) is 20.2 Å². The number of aromatic nitrogens is 3. The van der Waals surface area contributed by atoms with Crippen LogP contribution in [0.25, 0.3) is 10.9 Å². The molecule has 6 heteroatoms. The Morgan fingerprint density at radius 2 is 2.05 bits per heavy atom. The third-order valence-corrected chi connectivity index (χ3v) is 3.62. The van der Waals surface area contributed by atoms with Gasteiger partial charge in [-0.05, 0) is 19.9 Å². The zero-order valence-corrected chi connectivity index (χ0v) is 11.8. The zero-order chi connectivity index (χ0) is 14.1. The highest BCUT2D eigenvalue weighted by Crippen LogP contribution is 2.13. The molecule has 6 nitrogen and oxygen atoms in total. The highest BCUT2D eigenvalue weighted by atomic mass is 16.1. The molecular weight excluding hydrogens is 254 g/mol. The van der Waals surface area contributed by atoms with E-state index in [1.165, 1.54) is 0 Å². The summed E-state index contributed by atoms with van der Waals surface area (Å²) in [6.07, 6.45) is 3.46. The Bertz CT molecular complexity index is 673. The molecule has 0 bridgehead atoms. The van der Waals surface area contributed by atoms with Gasteiger partial charge in [-0.1, -0.05) is 0 Å². The number of hydrogen-bond donors (Lipinski definition) is 1. The SMILES string of the molecule is CC(C)n1ccc2nc(N3CCNCC3)ncc2c1=O. The normalized spacial score (nSPS) is 16.1. The van der Waals surface area contributed by atoms with E-state index in [1.807, 2.05) is 26.1 Å². The fourth-order valence-electron chi connectivity index (χ4n) is 2.46. The van der Waals surface area contributed by atoms with E-state index >= 15 is 0 Å². The smallest absolute Gasteiger partial charge is 0.261 e. The van der Waals surface area contributed by atoms with Crippen molar-refractivity contribution in [2.24, 2.45) is 0 Å². The molecule has 20 heavy (non-hydrogen) atoms. The van der Waals surface area contributed by atoms with Gasteiger partial charge < -0.3 is 14.8 Å². The van der Waals surface area contributed by atoms with E-state index in [-0.39, 0.29) is 11.6 Å². The van der Waals surface area contributed by atoms with Gasteiger partial charge in [-0.15, -0.1) is 0 Å². The molecule has 0 aromatic carbocycles. The summed E-state index contributed by atoms with van der Waals surface area (Å²) in [5, 5.41) is 3.88. The van der Waals surface area contributed by atoms with Crippen molar-refractivity contribution in [2.75, 3.05) is 31.1 Å². The first-order valence-corrected chi connectivity index (χ1v) is 7.00. The van der Waals surface area contributed by atoms with Gasteiger partial charge in [0.15, 0.2) is 0 Å². The fourth-order valence-corrected chi connectivity index (χ4v) is 2.46. The van der Waals surface area contributed by atoms with Crippen LogP contribution in [0.5, 0.6) is 0 Å². The molecule has 0 amide bonds. The average molecular weight is 273 g/mol. The molecule has 2 aromatic heterocycles. The van der Waals surface area contributed by atoms with Crippen molar-refractivity contribution in [3.05, 3.63) is 28.8 Å². The molecule has 1 N–H and O–H groups in total. The molecule has 3 rings (SSSR count). The third kappa shape index (κ3) is 2.27. The first-order chi connectivity index (χ1) is 9.66. The van der Waals surface area contributed by atoms with Crippen LogP contribution in [0, 0.1) is 0 Å². The number of anilines is 1. The Labute approximate surface area is 117 Å². The van der Waals surface area contributed by atoms with Crippen molar-refractivity contribution in [3.63, 3.8) is 0 Å². The molecule has 3 heterocycles. The van der Waals surface area contributed by atoms with Gasteiger partial charge in [0.25, 0.3) is 5.56 Å². The summed E-state index contributed by atoms with van der Waals surface area (Å²) in [5.74, 6) is 0.709. The minimum Gasteiger partial charge on any atom is -0.338 e. The first-order valence-electron chi connectivity index (χ1n) is 7.00. The largest absolute Gasteiger partial charge is 0.338 e. The van der Waals surface area contributed by atoms with Crippen molar-refractivity contribution < 1.29 is 0 Å². The summed E-state index contributed by atoms with van der Waals surface area (Å²) < 4.78 is 1.70. The molecule has 1 saturated heterocycles. The minimum atomic E-state index is -0.0237. The van der Waals surface area contributed by atoms with Crippen molar-refractivity contribution in [3.8, 4) is 0 Å². The van der Waals surface area contributed by atoms with Gasteiger partial charge in [-0.2, -0.15) is 0 Å². The summed E-state index contributed by atoms with van der Waals surface area (Å²) in [6, 6.07) is 2.03. The van der Waals surface area contributed by atoms with Gasteiger partial charge >= 0.3 is 0 Å². The van der Waals surface area contributed by atoms with Crippen molar-refractivity contribution in [1.29, 1.82) is 0 Å². The maximum absolute atomic E-state index is 12.3. The molecule has 0 saturated carbocycles. The Morgan fingerprint density at radius 1 is 1.30 bits per heavy atom. The predicted octanol–water partition coefficient (Wildman–Crippen LogP) is 0.782. The highest BCUT2D eigenvalue weighted by molar-refractivity contribution is 5.77. The number of nitrogens with one attached hydrogen (secondary N) is 1. The zero-order valence-electron chi connectivity index (χ0n) is 11.8. The topological polar surface area (TPSA) is 63.1 Å². The number of rotatable bonds is 2.